The first-order valence-electron chi connectivity index (χ1n) is 6.17. The highest BCUT2D eigenvalue weighted by Crippen LogP contribution is 2.31. The van der Waals surface area contributed by atoms with E-state index in [9.17, 15) is 14.9 Å². The van der Waals surface area contributed by atoms with Crippen molar-refractivity contribution in [1.29, 1.82) is 0 Å². The number of halogens is 1. The Labute approximate surface area is 121 Å². The van der Waals surface area contributed by atoms with Crippen molar-refractivity contribution < 1.29 is 9.72 Å². The predicted octanol–water partition coefficient (Wildman–Crippen LogP) is 0.856. The number of amides is 1. The SMILES string of the molecule is NC(=O)CN1CCN(c2cc(Cl)ccc2[N+](=O)[O-])CC1. The van der Waals surface area contributed by atoms with E-state index in [1.54, 1.807) is 6.07 Å². The van der Waals surface area contributed by atoms with Gasteiger partial charge in [-0.15, -0.1) is 0 Å². The summed E-state index contributed by atoms with van der Waals surface area (Å²) < 4.78 is 0. The lowest BCUT2D eigenvalue weighted by Gasteiger charge is -2.35. The quantitative estimate of drug-likeness (QED) is 0.657. The van der Waals surface area contributed by atoms with Gasteiger partial charge in [0.25, 0.3) is 5.69 Å². The van der Waals surface area contributed by atoms with E-state index in [-0.39, 0.29) is 18.1 Å². The molecule has 0 spiro atoms. The van der Waals surface area contributed by atoms with Gasteiger partial charge in [0.15, 0.2) is 0 Å². The molecule has 1 aromatic carbocycles. The van der Waals surface area contributed by atoms with E-state index in [0.29, 0.717) is 36.9 Å². The summed E-state index contributed by atoms with van der Waals surface area (Å²) in [6, 6.07) is 4.52. The number of benzene rings is 1. The maximum atomic E-state index is 11.0. The fraction of sp³-hybridized carbons (Fsp3) is 0.417. The van der Waals surface area contributed by atoms with Crippen molar-refractivity contribution in [3.63, 3.8) is 0 Å². The van der Waals surface area contributed by atoms with Crippen LogP contribution in [0.2, 0.25) is 5.02 Å². The summed E-state index contributed by atoms with van der Waals surface area (Å²) in [5.41, 5.74) is 5.71. The molecule has 0 atom stereocenters. The van der Waals surface area contributed by atoms with E-state index in [2.05, 4.69) is 0 Å². The van der Waals surface area contributed by atoms with Crippen LogP contribution < -0.4 is 10.6 Å². The van der Waals surface area contributed by atoms with Crippen molar-refractivity contribution >= 4 is 28.9 Å². The van der Waals surface area contributed by atoms with Crippen LogP contribution in [0.1, 0.15) is 0 Å². The highest BCUT2D eigenvalue weighted by Gasteiger charge is 2.24. The van der Waals surface area contributed by atoms with Gasteiger partial charge in [-0.05, 0) is 12.1 Å². The number of anilines is 1. The fourth-order valence-corrected chi connectivity index (χ4v) is 2.44. The van der Waals surface area contributed by atoms with Gasteiger partial charge >= 0.3 is 0 Å². The standard InChI is InChI=1S/C12H15ClN4O3/c13-9-1-2-10(17(19)20)11(7-9)16-5-3-15(4-6-16)8-12(14)18/h1-2,7H,3-6,8H2,(H2,14,18). The lowest BCUT2D eigenvalue weighted by Crippen LogP contribution is -2.49. The van der Waals surface area contributed by atoms with Crippen LogP contribution in [0.4, 0.5) is 11.4 Å². The van der Waals surface area contributed by atoms with Gasteiger partial charge in [-0.1, -0.05) is 11.6 Å². The molecule has 108 valence electrons. The average molecular weight is 299 g/mol. The minimum absolute atomic E-state index is 0.0396. The fourth-order valence-electron chi connectivity index (χ4n) is 2.27. The third-order valence-electron chi connectivity index (χ3n) is 3.23. The zero-order valence-electron chi connectivity index (χ0n) is 10.8. The third-order valence-corrected chi connectivity index (χ3v) is 3.46. The summed E-state index contributed by atoms with van der Waals surface area (Å²) in [4.78, 5) is 25.3. The maximum Gasteiger partial charge on any atom is 0.292 e. The highest BCUT2D eigenvalue weighted by molar-refractivity contribution is 6.31. The van der Waals surface area contributed by atoms with Crippen molar-refractivity contribution in [2.24, 2.45) is 5.73 Å². The monoisotopic (exact) mass is 298 g/mol. The number of nitrogens with two attached hydrogens (primary N) is 1. The first kappa shape index (κ1) is 14.5. The molecule has 2 N–H and O–H groups in total. The van der Waals surface area contributed by atoms with E-state index in [1.807, 2.05) is 9.80 Å². The van der Waals surface area contributed by atoms with Gasteiger partial charge in [0.05, 0.1) is 11.5 Å². The summed E-state index contributed by atoms with van der Waals surface area (Å²) in [6.07, 6.45) is 0. The lowest BCUT2D eigenvalue weighted by molar-refractivity contribution is -0.384. The molecular weight excluding hydrogens is 284 g/mol. The maximum absolute atomic E-state index is 11.0. The number of carbonyl (C=O) groups excluding carboxylic acids is 1. The van der Waals surface area contributed by atoms with Gasteiger partial charge in [-0.2, -0.15) is 0 Å². The second kappa shape index (κ2) is 6.06. The van der Waals surface area contributed by atoms with Crippen LogP contribution in [-0.4, -0.2) is 48.5 Å². The van der Waals surface area contributed by atoms with Crippen LogP contribution in [-0.2, 0) is 4.79 Å². The average Bonchev–Trinajstić information content (AvgIpc) is 2.38. The molecule has 1 fully saturated rings. The van der Waals surface area contributed by atoms with E-state index in [0.717, 1.165) is 0 Å². The highest BCUT2D eigenvalue weighted by atomic mass is 35.5. The molecule has 20 heavy (non-hydrogen) atoms. The largest absolute Gasteiger partial charge is 0.369 e. The first-order valence-corrected chi connectivity index (χ1v) is 6.54. The van der Waals surface area contributed by atoms with Crippen molar-refractivity contribution in [3.05, 3.63) is 33.3 Å². The molecule has 1 heterocycles. The summed E-state index contributed by atoms with van der Waals surface area (Å²) in [6.45, 7) is 2.66. The molecule has 1 amide bonds. The number of rotatable bonds is 4. The normalized spacial score (nSPS) is 16.1. The summed E-state index contributed by atoms with van der Waals surface area (Å²) in [7, 11) is 0. The van der Waals surface area contributed by atoms with Crippen LogP contribution in [0.5, 0.6) is 0 Å². The molecule has 0 aliphatic carbocycles. The third kappa shape index (κ3) is 3.37. The molecule has 1 aliphatic rings. The topological polar surface area (TPSA) is 92.7 Å². The second-order valence-corrected chi connectivity index (χ2v) is 5.06. The number of carbonyl (C=O) groups is 1. The molecule has 0 aromatic heterocycles. The van der Waals surface area contributed by atoms with Crippen LogP contribution in [0, 0.1) is 10.1 Å². The number of piperazine rings is 1. The predicted molar refractivity (Wildman–Crippen MR) is 76.0 cm³/mol. The molecule has 1 aromatic rings. The lowest BCUT2D eigenvalue weighted by atomic mass is 10.2. The first-order chi connectivity index (χ1) is 9.47. The van der Waals surface area contributed by atoms with Crippen LogP contribution in [0.3, 0.4) is 0 Å². The van der Waals surface area contributed by atoms with Crippen molar-refractivity contribution in [3.8, 4) is 0 Å². The van der Waals surface area contributed by atoms with Crippen molar-refractivity contribution in [2.75, 3.05) is 37.6 Å². The molecule has 0 saturated carbocycles. The van der Waals surface area contributed by atoms with Gasteiger partial charge in [-0.25, -0.2) is 0 Å². The Balaban J connectivity index is 2.12. The Morgan fingerprint density at radius 2 is 2.00 bits per heavy atom. The van der Waals surface area contributed by atoms with Crippen molar-refractivity contribution in [2.45, 2.75) is 0 Å². The molecular formula is C12H15ClN4O3. The molecule has 8 heteroatoms. The van der Waals surface area contributed by atoms with E-state index < -0.39 is 4.92 Å². The number of nitro groups is 1. The van der Waals surface area contributed by atoms with Gasteiger partial charge < -0.3 is 10.6 Å². The molecule has 2 rings (SSSR count). The smallest absolute Gasteiger partial charge is 0.292 e. The van der Waals surface area contributed by atoms with Crippen LogP contribution in [0.25, 0.3) is 0 Å². The Bertz CT molecular complexity index is 529. The van der Waals surface area contributed by atoms with E-state index >= 15 is 0 Å². The summed E-state index contributed by atoms with van der Waals surface area (Å²) in [5, 5.41) is 11.5. The summed E-state index contributed by atoms with van der Waals surface area (Å²) in [5.74, 6) is -0.368. The van der Waals surface area contributed by atoms with Gasteiger partial charge in [0.1, 0.15) is 5.69 Å². The van der Waals surface area contributed by atoms with E-state index in [1.165, 1.54) is 12.1 Å². The number of hydrogen-bond acceptors (Lipinski definition) is 5. The van der Waals surface area contributed by atoms with Gasteiger partial charge in [-0.3, -0.25) is 19.8 Å². The Morgan fingerprint density at radius 3 is 2.55 bits per heavy atom. The molecule has 1 saturated heterocycles. The number of hydrogen-bond donors (Lipinski definition) is 1. The molecule has 0 radical (unpaired) electrons. The minimum atomic E-state index is -0.415. The minimum Gasteiger partial charge on any atom is -0.369 e. The Kier molecular flexibility index (Phi) is 4.41. The molecule has 1 aliphatic heterocycles. The zero-order chi connectivity index (χ0) is 14.7. The van der Waals surface area contributed by atoms with Gasteiger partial charge in [0, 0.05) is 37.3 Å². The second-order valence-electron chi connectivity index (χ2n) is 4.62. The Hall–Kier alpha value is -1.86. The summed E-state index contributed by atoms with van der Waals surface area (Å²) >= 11 is 5.92. The van der Waals surface area contributed by atoms with Gasteiger partial charge in [0.2, 0.25) is 5.91 Å². The van der Waals surface area contributed by atoms with Crippen molar-refractivity contribution in [1.82, 2.24) is 4.90 Å². The molecule has 7 nitrogen and oxygen atoms in total. The zero-order valence-corrected chi connectivity index (χ0v) is 11.5. The number of nitrogens with zero attached hydrogens (tertiary/aromatic N) is 3. The number of nitro benzene ring substituents is 1. The van der Waals surface area contributed by atoms with E-state index in [4.69, 9.17) is 17.3 Å². The van der Waals surface area contributed by atoms with Crippen LogP contribution >= 0.6 is 11.6 Å². The molecule has 0 unspecified atom stereocenters. The van der Waals surface area contributed by atoms with Crippen LogP contribution in [0.15, 0.2) is 18.2 Å². The number of primary amides is 1. The Morgan fingerprint density at radius 1 is 1.35 bits per heavy atom. The molecule has 0 bridgehead atoms.